The van der Waals surface area contributed by atoms with Gasteiger partial charge < -0.3 is 18.9 Å². The van der Waals surface area contributed by atoms with Crippen LogP contribution in [0.5, 0.6) is 11.5 Å². The van der Waals surface area contributed by atoms with E-state index in [2.05, 4.69) is 28.5 Å². The van der Waals surface area contributed by atoms with Crippen molar-refractivity contribution in [3.05, 3.63) is 47.5 Å². The van der Waals surface area contributed by atoms with Crippen molar-refractivity contribution in [2.75, 3.05) is 13.2 Å². The quantitative estimate of drug-likeness (QED) is 0.193. The lowest BCUT2D eigenvalue weighted by molar-refractivity contribution is -0.354. The first kappa shape index (κ1) is 26.8. The zero-order valence-corrected chi connectivity index (χ0v) is 19.5. The van der Waals surface area contributed by atoms with Gasteiger partial charge in [0.1, 0.15) is 5.75 Å². The average Bonchev–Trinajstić information content (AvgIpc) is 2.79. The second-order valence-corrected chi connectivity index (χ2v) is 8.97. The Morgan fingerprint density at radius 1 is 1.09 bits per heavy atom. The number of alkyl halides is 2. The molecule has 1 aliphatic heterocycles. The SMILES string of the molecule is CC/C=C\CC1CCC(C2COC(C(F)(F)Oc3cc(F)c(OC=C(F)F)c(Cl)c3)OC2)CC1. The zero-order valence-electron chi connectivity index (χ0n) is 18.8. The van der Waals surface area contributed by atoms with Crippen molar-refractivity contribution in [1.29, 1.82) is 0 Å². The van der Waals surface area contributed by atoms with Crippen molar-refractivity contribution < 1.29 is 40.9 Å². The van der Waals surface area contributed by atoms with Gasteiger partial charge in [-0.2, -0.15) is 17.6 Å². The second-order valence-electron chi connectivity index (χ2n) is 8.56. The first-order valence-corrected chi connectivity index (χ1v) is 11.7. The first-order chi connectivity index (χ1) is 16.2. The molecule has 4 nitrogen and oxygen atoms in total. The highest BCUT2D eigenvalue weighted by Crippen LogP contribution is 2.40. The van der Waals surface area contributed by atoms with Crippen LogP contribution in [0.4, 0.5) is 22.0 Å². The minimum Gasteiger partial charge on any atom is -0.455 e. The fraction of sp³-hybridized carbons (Fsp3) is 0.583. The van der Waals surface area contributed by atoms with E-state index in [1.165, 1.54) is 0 Å². The Morgan fingerprint density at radius 2 is 1.76 bits per heavy atom. The first-order valence-electron chi connectivity index (χ1n) is 11.3. The van der Waals surface area contributed by atoms with Gasteiger partial charge >= 0.3 is 12.2 Å². The van der Waals surface area contributed by atoms with Crippen molar-refractivity contribution in [2.24, 2.45) is 17.8 Å². The number of hydrogen-bond acceptors (Lipinski definition) is 4. The lowest BCUT2D eigenvalue weighted by Crippen LogP contribution is -2.49. The molecule has 1 saturated carbocycles. The Hall–Kier alpha value is -1.84. The van der Waals surface area contributed by atoms with Crippen LogP contribution in [0.2, 0.25) is 5.02 Å². The molecular formula is C24H28ClF5O4. The number of allylic oxidation sites excluding steroid dienone is 2. The van der Waals surface area contributed by atoms with Crippen LogP contribution in [0.15, 0.2) is 36.6 Å². The molecule has 1 aromatic carbocycles. The van der Waals surface area contributed by atoms with E-state index in [0.717, 1.165) is 44.6 Å². The van der Waals surface area contributed by atoms with E-state index in [9.17, 15) is 22.0 Å². The van der Waals surface area contributed by atoms with Gasteiger partial charge in [0.2, 0.25) is 0 Å². The Morgan fingerprint density at radius 3 is 2.35 bits per heavy atom. The molecule has 0 atom stereocenters. The van der Waals surface area contributed by atoms with Crippen molar-refractivity contribution >= 4 is 11.6 Å². The van der Waals surface area contributed by atoms with Crippen molar-refractivity contribution in [3.8, 4) is 11.5 Å². The van der Waals surface area contributed by atoms with Gasteiger partial charge in [-0.25, -0.2) is 4.39 Å². The molecule has 0 aromatic heterocycles. The third kappa shape index (κ3) is 7.33. The highest BCUT2D eigenvalue weighted by molar-refractivity contribution is 6.32. The molecule has 2 fully saturated rings. The summed E-state index contributed by atoms with van der Waals surface area (Å²) in [5, 5.41) is -0.519. The van der Waals surface area contributed by atoms with Crippen LogP contribution >= 0.6 is 11.6 Å². The van der Waals surface area contributed by atoms with Crippen molar-refractivity contribution in [2.45, 2.75) is 57.8 Å². The molecule has 1 aliphatic carbocycles. The predicted molar refractivity (Wildman–Crippen MR) is 117 cm³/mol. The average molecular weight is 511 g/mol. The molecule has 3 rings (SSSR count). The lowest BCUT2D eigenvalue weighted by Gasteiger charge is -2.39. The van der Waals surface area contributed by atoms with Crippen LogP contribution < -0.4 is 9.47 Å². The fourth-order valence-electron chi connectivity index (χ4n) is 4.35. The predicted octanol–water partition coefficient (Wildman–Crippen LogP) is 7.72. The molecule has 1 aromatic rings. The van der Waals surface area contributed by atoms with Crippen LogP contribution in [0.3, 0.4) is 0 Å². The molecule has 1 saturated heterocycles. The Kier molecular flexibility index (Phi) is 9.62. The fourth-order valence-corrected chi connectivity index (χ4v) is 4.59. The van der Waals surface area contributed by atoms with E-state index >= 15 is 0 Å². The van der Waals surface area contributed by atoms with Crippen LogP contribution in [0.25, 0.3) is 0 Å². The maximum Gasteiger partial charge on any atom is 0.451 e. The van der Waals surface area contributed by atoms with Gasteiger partial charge in [-0.3, -0.25) is 0 Å². The zero-order chi connectivity index (χ0) is 24.7. The second kappa shape index (κ2) is 12.2. The Balaban J connectivity index is 1.51. The van der Waals surface area contributed by atoms with E-state index in [1.807, 2.05) is 0 Å². The lowest BCUT2D eigenvalue weighted by atomic mass is 9.75. The van der Waals surface area contributed by atoms with Crippen LogP contribution in [0.1, 0.15) is 45.4 Å². The summed E-state index contributed by atoms with van der Waals surface area (Å²) >= 11 is 5.75. The molecular weight excluding hydrogens is 483 g/mol. The minimum absolute atomic E-state index is 0.0183. The van der Waals surface area contributed by atoms with Crippen LogP contribution in [-0.2, 0) is 9.47 Å². The summed E-state index contributed by atoms with van der Waals surface area (Å²) in [6.45, 7) is 2.32. The summed E-state index contributed by atoms with van der Waals surface area (Å²) in [6, 6.07) is 1.39. The smallest absolute Gasteiger partial charge is 0.451 e. The van der Waals surface area contributed by atoms with Gasteiger partial charge in [0, 0.05) is 18.1 Å². The van der Waals surface area contributed by atoms with E-state index < -0.39 is 40.8 Å². The molecule has 0 N–H and O–H groups in total. The van der Waals surface area contributed by atoms with Crippen LogP contribution in [-0.4, -0.2) is 25.6 Å². The molecule has 0 amide bonds. The number of ether oxygens (including phenoxy) is 4. The minimum atomic E-state index is -3.93. The van der Waals surface area contributed by atoms with Gasteiger partial charge in [-0.05, 0) is 50.4 Å². The molecule has 0 radical (unpaired) electrons. The summed E-state index contributed by atoms with van der Waals surface area (Å²) in [4.78, 5) is 0. The van der Waals surface area contributed by atoms with E-state index in [0.29, 0.717) is 17.9 Å². The maximum absolute atomic E-state index is 14.6. The topological polar surface area (TPSA) is 36.9 Å². The van der Waals surface area contributed by atoms with Gasteiger partial charge in [0.25, 0.3) is 6.29 Å². The Labute approximate surface area is 200 Å². The van der Waals surface area contributed by atoms with E-state index in [4.69, 9.17) is 21.1 Å². The number of benzene rings is 1. The molecule has 190 valence electrons. The number of halogens is 6. The van der Waals surface area contributed by atoms with Crippen molar-refractivity contribution in [3.63, 3.8) is 0 Å². The summed E-state index contributed by atoms with van der Waals surface area (Å²) in [5.74, 6) is -1.59. The highest BCUT2D eigenvalue weighted by atomic mass is 35.5. The number of rotatable bonds is 9. The van der Waals surface area contributed by atoms with E-state index in [1.54, 1.807) is 0 Å². The third-order valence-electron chi connectivity index (χ3n) is 6.12. The third-order valence-corrected chi connectivity index (χ3v) is 6.40. The van der Waals surface area contributed by atoms with Crippen molar-refractivity contribution in [1.82, 2.24) is 0 Å². The molecule has 34 heavy (non-hydrogen) atoms. The monoisotopic (exact) mass is 510 g/mol. The molecule has 0 unspecified atom stereocenters. The van der Waals surface area contributed by atoms with Gasteiger partial charge in [-0.1, -0.05) is 30.7 Å². The highest BCUT2D eigenvalue weighted by Gasteiger charge is 2.48. The molecule has 0 bridgehead atoms. The van der Waals surface area contributed by atoms with Gasteiger partial charge in [0.15, 0.2) is 17.8 Å². The number of hydrogen-bond donors (Lipinski definition) is 0. The molecule has 2 aliphatic rings. The summed E-state index contributed by atoms with van der Waals surface area (Å²) in [7, 11) is 0. The maximum atomic E-state index is 14.6. The van der Waals surface area contributed by atoms with Gasteiger partial charge in [-0.15, -0.1) is 0 Å². The largest absolute Gasteiger partial charge is 0.455 e. The standard InChI is InChI=1S/C24H28ClF5O4/c1-2-3-4-5-15-6-8-16(9-7-15)17-12-32-23(33-13-17)24(29,30)34-18-10-19(25)22(20(26)11-18)31-14-21(27)28/h3-4,10-11,14-17,23H,2,5-9,12-13H2,1H3/b4-3-. The molecule has 1 heterocycles. The summed E-state index contributed by atoms with van der Waals surface area (Å²) in [5.41, 5.74) is 0. The van der Waals surface area contributed by atoms with E-state index in [-0.39, 0.29) is 25.4 Å². The summed E-state index contributed by atoms with van der Waals surface area (Å²) in [6.07, 6.45) is 2.57. The van der Waals surface area contributed by atoms with Crippen LogP contribution in [0, 0.1) is 23.6 Å². The summed E-state index contributed by atoms with van der Waals surface area (Å²) < 4.78 is 87.1. The molecule has 10 heteroatoms. The normalized spacial score (nSPS) is 25.9. The Bertz CT molecular complexity index is 836. The molecule has 0 spiro atoms. The van der Waals surface area contributed by atoms with Gasteiger partial charge in [0.05, 0.1) is 18.2 Å².